The van der Waals surface area contributed by atoms with Crippen LogP contribution in [0.5, 0.6) is 0 Å². The summed E-state index contributed by atoms with van der Waals surface area (Å²) in [6.07, 6.45) is 4.33. The van der Waals surface area contributed by atoms with Gasteiger partial charge in [0.15, 0.2) is 5.69 Å². The molecule has 0 spiro atoms. The normalized spacial score (nSPS) is 13.7. The molecule has 11 heteroatoms. The van der Waals surface area contributed by atoms with Crippen LogP contribution in [0.25, 0.3) is 5.69 Å². The third-order valence-corrected chi connectivity index (χ3v) is 5.68. The average Bonchev–Trinajstić information content (AvgIpc) is 3.03. The molecule has 2 N–H and O–H groups in total. The summed E-state index contributed by atoms with van der Waals surface area (Å²) in [5, 5.41) is 24.6. The SMILES string of the molecule is Cc1c(C(=O)Nc2ccc(NC(=O)N3CCCCCC3)cc2)nnn1-c1cccc([N+](=O)[O-])c1. The van der Waals surface area contributed by atoms with Crippen molar-refractivity contribution in [3.05, 3.63) is 70.0 Å². The Morgan fingerprint density at radius 3 is 2.26 bits per heavy atom. The van der Waals surface area contributed by atoms with Crippen LogP contribution in [-0.4, -0.2) is 49.8 Å². The van der Waals surface area contributed by atoms with E-state index in [0.717, 1.165) is 38.8 Å². The quantitative estimate of drug-likeness (QED) is 0.431. The van der Waals surface area contributed by atoms with Gasteiger partial charge in [-0.15, -0.1) is 5.10 Å². The van der Waals surface area contributed by atoms with Gasteiger partial charge in [0.1, 0.15) is 0 Å². The number of carbonyl (C=O) groups excluding carboxylic acids is 2. The van der Waals surface area contributed by atoms with Crippen molar-refractivity contribution in [1.29, 1.82) is 0 Å². The molecule has 0 bridgehead atoms. The number of non-ortho nitro benzene ring substituents is 1. The Kier molecular flexibility index (Phi) is 6.81. The summed E-state index contributed by atoms with van der Waals surface area (Å²) < 4.78 is 1.38. The third kappa shape index (κ3) is 5.20. The van der Waals surface area contributed by atoms with E-state index in [9.17, 15) is 19.7 Å². The van der Waals surface area contributed by atoms with E-state index in [1.165, 1.54) is 16.8 Å². The van der Waals surface area contributed by atoms with Crippen molar-refractivity contribution >= 4 is 29.0 Å². The van der Waals surface area contributed by atoms with Crippen molar-refractivity contribution < 1.29 is 14.5 Å². The number of benzene rings is 2. The van der Waals surface area contributed by atoms with E-state index in [2.05, 4.69) is 20.9 Å². The number of nitrogens with one attached hydrogen (secondary N) is 2. The van der Waals surface area contributed by atoms with Crippen molar-refractivity contribution in [1.82, 2.24) is 19.9 Å². The van der Waals surface area contributed by atoms with Crippen molar-refractivity contribution in [3.8, 4) is 5.69 Å². The van der Waals surface area contributed by atoms with E-state index in [1.807, 2.05) is 4.90 Å². The van der Waals surface area contributed by atoms with Crippen LogP contribution in [0.4, 0.5) is 21.9 Å². The standard InChI is InChI=1S/C23H25N7O4/c1-16-21(26-27-29(16)19-7-6-8-20(15-19)30(33)34)22(31)24-17-9-11-18(12-10-17)25-23(32)28-13-4-2-3-5-14-28/h6-12,15H,2-5,13-14H2,1H3,(H,24,31)(H,25,32). The third-order valence-electron chi connectivity index (χ3n) is 5.68. The summed E-state index contributed by atoms with van der Waals surface area (Å²) in [4.78, 5) is 37.6. The molecular formula is C23H25N7O4. The molecule has 1 aliphatic heterocycles. The average molecular weight is 463 g/mol. The Morgan fingerprint density at radius 1 is 0.971 bits per heavy atom. The number of urea groups is 1. The predicted octanol–water partition coefficient (Wildman–Crippen LogP) is 4.14. The Balaban J connectivity index is 1.41. The summed E-state index contributed by atoms with van der Waals surface area (Å²) in [6.45, 7) is 3.18. The monoisotopic (exact) mass is 463 g/mol. The first kappa shape index (κ1) is 22.9. The van der Waals surface area contributed by atoms with Crippen LogP contribution >= 0.6 is 0 Å². The number of aromatic nitrogens is 3. The zero-order valence-corrected chi connectivity index (χ0v) is 18.7. The predicted molar refractivity (Wildman–Crippen MR) is 126 cm³/mol. The maximum atomic E-state index is 12.7. The Bertz CT molecular complexity index is 1200. The molecular weight excluding hydrogens is 438 g/mol. The number of carbonyl (C=O) groups is 2. The zero-order chi connectivity index (χ0) is 24.1. The van der Waals surface area contributed by atoms with E-state index in [0.29, 0.717) is 22.8 Å². The van der Waals surface area contributed by atoms with E-state index >= 15 is 0 Å². The summed E-state index contributed by atoms with van der Waals surface area (Å²) in [6, 6.07) is 12.6. The van der Waals surface area contributed by atoms with Crippen molar-refractivity contribution in [3.63, 3.8) is 0 Å². The minimum atomic E-state index is -0.497. The van der Waals surface area contributed by atoms with Gasteiger partial charge in [-0.05, 0) is 50.1 Å². The van der Waals surface area contributed by atoms with Crippen LogP contribution < -0.4 is 10.6 Å². The van der Waals surface area contributed by atoms with Gasteiger partial charge in [-0.3, -0.25) is 14.9 Å². The molecule has 0 unspecified atom stereocenters. The maximum absolute atomic E-state index is 12.7. The first-order valence-corrected chi connectivity index (χ1v) is 11.1. The second-order valence-corrected chi connectivity index (χ2v) is 8.08. The van der Waals surface area contributed by atoms with Crippen LogP contribution in [-0.2, 0) is 0 Å². The molecule has 0 aliphatic carbocycles. The molecule has 2 aromatic carbocycles. The van der Waals surface area contributed by atoms with Gasteiger partial charge in [0.25, 0.3) is 11.6 Å². The number of hydrogen-bond acceptors (Lipinski definition) is 6. The van der Waals surface area contributed by atoms with Gasteiger partial charge >= 0.3 is 6.03 Å². The number of amides is 3. The molecule has 3 aromatic rings. The largest absolute Gasteiger partial charge is 0.325 e. The zero-order valence-electron chi connectivity index (χ0n) is 18.7. The fourth-order valence-corrected chi connectivity index (χ4v) is 3.83. The van der Waals surface area contributed by atoms with Crippen LogP contribution in [0, 0.1) is 17.0 Å². The fraction of sp³-hybridized carbons (Fsp3) is 0.304. The van der Waals surface area contributed by atoms with Crippen LogP contribution in [0.3, 0.4) is 0 Å². The number of nitrogens with zero attached hydrogens (tertiary/aromatic N) is 5. The fourth-order valence-electron chi connectivity index (χ4n) is 3.83. The first-order valence-electron chi connectivity index (χ1n) is 11.1. The highest BCUT2D eigenvalue weighted by Crippen LogP contribution is 2.20. The summed E-state index contributed by atoms with van der Waals surface area (Å²) in [5.74, 6) is -0.462. The summed E-state index contributed by atoms with van der Waals surface area (Å²) >= 11 is 0. The number of rotatable bonds is 5. The van der Waals surface area contributed by atoms with Gasteiger partial charge in [-0.25, -0.2) is 9.48 Å². The topological polar surface area (TPSA) is 135 Å². The first-order chi connectivity index (χ1) is 16.4. The molecule has 3 amide bonds. The van der Waals surface area contributed by atoms with Gasteiger partial charge in [0, 0.05) is 36.6 Å². The van der Waals surface area contributed by atoms with Crippen LogP contribution in [0.1, 0.15) is 41.9 Å². The van der Waals surface area contributed by atoms with Gasteiger partial charge in [0.05, 0.1) is 16.3 Å². The molecule has 176 valence electrons. The Labute approximate surface area is 195 Å². The number of nitro groups is 1. The maximum Gasteiger partial charge on any atom is 0.321 e. The highest BCUT2D eigenvalue weighted by atomic mass is 16.6. The van der Waals surface area contributed by atoms with Gasteiger partial charge in [0.2, 0.25) is 0 Å². The lowest BCUT2D eigenvalue weighted by Gasteiger charge is -2.20. The summed E-state index contributed by atoms with van der Waals surface area (Å²) in [5.41, 5.74) is 2.07. The van der Waals surface area contributed by atoms with E-state index in [4.69, 9.17) is 0 Å². The van der Waals surface area contributed by atoms with Crippen molar-refractivity contribution in [2.24, 2.45) is 0 Å². The Morgan fingerprint density at radius 2 is 1.62 bits per heavy atom. The molecule has 1 aliphatic rings. The lowest BCUT2D eigenvalue weighted by Crippen LogP contribution is -2.35. The van der Waals surface area contributed by atoms with Crippen LogP contribution in [0.2, 0.25) is 0 Å². The molecule has 1 saturated heterocycles. The van der Waals surface area contributed by atoms with Gasteiger partial charge in [-0.1, -0.05) is 24.1 Å². The highest BCUT2D eigenvalue weighted by molar-refractivity contribution is 6.03. The molecule has 2 heterocycles. The molecule has 4 rings (SSSR count). The molecule has 0 saturated carbocycles. The number of nitro benzene ring substituents is 1. The van der Waals surface area contributed by atoms with Gasteiger partial charge in [-0.2, -0.15) is 0 Å². The van der Waals surface area contributed by atoms with Crippen molar-refractivity contribution in [2.75, 3.05) is 23.7 Å². The number of hydrogen-bond donors (Lipinski definition) is 2. The minimum absolute atomic E-state index is 0.0820. The second kappa shape index (κ2) is 10.1. The minimum Gasteiger partial charge on any atom is -0.325 e. The molecule has 1 aromatic heterocycles. The number of anilines is 2. The number of likely N-dealkylation sites (tertiary alicyclic amines) is 1. The van der Waals surface area contributed by atoms with Gasteiger partial charge < -0.3 is 15.5 Å². The van der Waals surface area contributed by atoms with E-state index in [-0.39, 0.29) is 17.4 Å². The van der Waals surface area contributed by atoms with Crippen LogP contribution in [0.15, 0.2) is 48.5 Å². The molecule has 0 atom stereocenters. The molecule has 0 radical (unpaired) electrons. The molecule has 1 fully saturated rings. The molecule has 34 heavy (non-hydrogen) atoms. The lowest BCUT2D eigenvalue weighted by molar-refractivity contribution is -0.384. The summed E-state index contributed by atoms with van der Waals surface area (Å²) in [7, 11) is 0. The smallest absolute Gasteiger partial charge is 0.321 e. The second-order valence-electron chi connectivity index (χ2n) is 8.08. The lowest BCUT2D eigenvalue weighted by atomic mass is 10.2. The van der Waals surface area contributed by atoms with E-state index < -0.39 is 10.8 Å². The molecule has 11 nitrogen and oxygen atoms in total. The highest BCUT2D eigenvalue weighted by Gasteiger charge is 2.19. The van der Waals surface area contributed by atoms with Crippen molar-refractivity contribution in [2.45, 2.75) is 32.6 Å². The Hall–Kier alpha value is -4.28. The van der Waals surface area contributed by atoms with E-state index in [1.54, 1.807) is 43.3 Å².